The van der Waals surface area contributed by atoms with Gasteiger partial charge in [-0.1, -0.05) is 24.6 Å². The van der Waals surface area contributed by atoms with Crippen LogP contribution in [0.15, 0.2) is 24.3 Å². The zero-order chi connectivity index (χ0) is 13.2. The highest BCUT2D eigenvalue weighted by atomic mass is 15.1. The molecule has 3 rings (SSSR count). The maximum atomic E-state index is 3.63. The van der Waals surface area contributed by atoms with Gasteiger partial charge in [-0.3, -0.25) is 0 Å². The summed E-state index contributed by atoms with van der Waals surface area (Å²) < 4.78 is 0. The number of aryl methyl sites for hydroxylation is 1. The molecular weight excluding hydrogens is 234 g/mol. The van der Waals surface area contributed by atoms with E-state index >= 15 is 0 Å². The van der Waals surface area contributed by atoms with Gasteiger partial charge in [0.25, 0.3) is 0 Å². The Kier molecular flexibility index (Phi) is 3.47. The van der Waals surface area contributed by atoms with E-state index in [0.717, 1.165) is 6.54 Å². The number of aromatic nitrogens is 1. The van der Waals surface area contributed by atoms with Gasteiger partial charge in [-0.15, -0.1) is 0 Å². The van der Waals surface area contributed by atoms with Crippen LogP contribution in [0.1, 0.15) is 25.0 Å². The number of nitrogens with zero attached hydrogens (tertiary/aromatic N) is 1. The smallest absolute Gasteiger partial charge is 0.0652 e. The Balaban J connectivity index is 1.84. The van der Waals surface area contributed by atoms with Gasteiger partial charge >= 0.3 is 0 Å². The molecule has 1 atom stereocenters. The minimum absolute atomic E-state index is 0.631. The summed E-state index contributed by atoms with van der Waals surface area (Å²) in [7, 11) is 2.21. The molecule has 3 heteroatoms. The molecule has 2 aromatic rings. The number of para-hydroxylation sites is 1. The minimum Gasteiger partial charge on any atom is -0.371 e. The van der Waals surface area contributed by atoms with Crippen LogP contribution < -0.4 is 10.2 Å². The van der Waals surface area contributed by atoms with E-state index in [1.165, 1.54) is 48.1 Å². The van der Waals surface area contributed by atoms with Crippen molar-refractivity contribution in [2.75, 3.05) is 25.0 Å². The highest BCUT2D eigenvalue weighted by Gasteiger charge is 2.18. The molecule has 102 valence electrons. The molecule has 1 saturated heterocycles. The number of hydrogen-bond donors (Lipinski definition) is 2. The van der Waals surface area contributed by atoms with Gasteiger partial charge in [0.2, 0.25) is 0 Å². The van der Waals surface area contributed by atoms with E-state index in [1.54, 1.807) is 0 Å². The molecule has 2 heterocycles. The van der Waals surface area contributed by atoms with Crippen molar-refractivity contribution in [2.24, 2.45) is 0 Å². The third-order valence-electron chi connectivity index (χ3n) is 4.15. The first-order valence-electron chi connectivity index (χ1n) is 7.27. The van der Waals surface area contributed by atoms with Gasteiger partial charge in [-0.2, -0.15) is 0 Å². The van der Waals surface area contributed by atoms with Gasteiger partial charge in [0.1, 0.15) is 0 Å². The highest BCUT2D eigenvalue weighted by Crippen LogP contribution is 2.30. The summed E-state index contributed by atoms with van der Waals surface area (Å²) in [5, 5.41) is 4.96. The summed E-state index contributed by atoms with van der Waals surface area (Å²) in [5.41, 5.74) is 3.85. The van der Waals surface area contributed by atoms with Crippen molar-refractivity contribution in [2.45, 2.75) is 32.2 Å². The number of fused-ring (bicyclic) bond motifs is 1. The first kappa shape index (κ1) is 12.5. The zero-order valence-electron chi connectivity index (χ0n) is 11.9. The second-order valence-electron chi connectivity index (χ2n) is 5.67. The molecule has 0 amide bonds. The maximum Gasteiger partial charge on any atom is 0.0652 e. The van der Waals surface area contributed by atoms with Crippen LogP contribution in [0.4, 0.5) is 5.69 Å². The molecule has 1 aromatic heterocycles. The Labute approximate surface area is 115 Å². The van der Waals surface area contributed by atoms with Crippen molar-refractivity contribution in [1.29, 1.82) is 0 Å². The van der Waals surface area contributed by atoms with Crippen LogP contribution in [-0.2, 0) is 0 Å². The van der Waals surface area contributed by atoms with Crippen molar-refractivity contribution in [1.82, 2.24) is 10.3 Å². The average molecular weight is 257 g/mol. The van der Waals surface area contributed by atoms with Gasteiger partial charge in [-0.05, 0) is 32.4 Å². The quantitative estimate of drug-likeness (QED) is 0.885. The normalized spacial score (nSPS) is 19.8. The van der Waals surface area contributed by atoms with E-state index in [0.29, 0.717) is 6.04 Å². The fraction of sp³-hybridized carbons (Fsp3) is 0.500. The summed E-state index contributed by atoms with van der Waals surface area (Å²) in [5.74, 6) is 0. The van der Waals surface area contributed by atoms with Gasteiger partial charge < -0.3 is 15.2 Å². The summed E-state index contributed by atoms with van der Waals surface area (Å²) >= 11 is 0. The maximum absolute atomic E-state index is 3.63. The van der Waals surface area contributed by atoms with Crippen molar-refractivity contribution in [3.63, 3.8) is 0 Å². The number of nitrogens with one attached hydrogen (secondary N) is 2. The number of likely N-dealkylation sites (N-methyl/N-ethyl adjacent to an activating group) is 1. The summed E-state index contributed by atoms with van der Waals surface area (Å²) in [6.45, 7) is 4.42. The molecule has 1 aliphatic heterocycles. The summed E-state index contributed by atoms with van der Waals surface area (Å²) in [6, 6.07) is 9.19. The molecule has 1 aromatic carbocycles. The van der Waals surface area contributed by atoms with E-state index in [4.69, 9.17) is 0 Å². The third kappa shape index (κ3) is 2.47. The second kappa shape index (κ2) is 5.25. The molecule has 0 spiro atoms. The lowest BCUT2D eigenvalue weighted by atomic mass is 10.0. The fourth-order valence-corrected chi connectivity index (χ4v) is 3.26. The number of hydrogen-bond acceptors (Lipinski definition) is 2. The van der Waals surface area contributed by atoms with Crippen LogP contribution in [0.2, 0.25) is 0 Å². The molecule has 0 bridgehead atoms. The number of aromatic amines is 1. The molecule has 3 nitrogen and oxygen atoms in total. The molecule has 0 saturated carbocycles. The van der Waals surface area contributed by atoms with Crippen LogP contribution in [0.3, 0.4) is 0 Å². The number of rotatable bonds is 3. The zero-order valence-corrected chi connectivity index (χ0v) is 11.9. The van der Waals surface area contributed by atoms with Crippen molar-refractivity contribution >= 4 is 16.6 Å². The van der Waals surface area contributed by atoms with Crippen molar-refractivity contribution in [3.05, 3.63) is 30.0 Å². The Morgan fingerprint density at radius 1 is 1.26 bits per heavy atom. The molecule has 1 aliphatic rings. The number of benzene rings is 1. The Morgan fingerprint density at radius 2 is 2.11 bits per heavy atom. The topological polar surface area (TPSA) is 31.1 Å². The van der Waals surface area contributed by atoms with Gasteiger partial charge in [0.05, 0.1) is 5.69 Å². The van der Waals surface area contributed by atoms with Gasteiger partial charge in [0, 0.05) is 36.2 Å². The molecule has 0 aliphatic carbocycles. The lowest BCUT2D eigenvalue weighted by Crippen LogP contribution is -2.42. The van der Waals surface area contributed by atoms with Crippen molar-refractivity contribution < 1.29 is 0 Å². The first-order valence-corrected chi connectivity index (χ1v) is 7.27. The van der Waals surface area contributed by atoms with Crippen LogP contribution in [0, 0.1) is 6.92 Å². The molecule has 19 heavy (non-hydrogen) atoms. The Morgan fingerprint density at radius 3 is 2.89 bits per heavy atom. The lowest BCUT2D eigenvalue weighted by molar-refractivity contribution is 0.403. The van der Waals surface area contributed by atoms with Crippen LogP contribution in [-0.4, -0.2) is 31.2 Å². The van der Waals surface area contributed by atoms with E-state index in [9.17, 15) is 0 Å². The Bertz CT molecular complexity index is 552. The molecule has 1 fully saturated rings. The SMILES string of the molecule is Cc1[nH]c2ccccc2c1N(C)CC1CCCCN1. The second-order valence-corrected chi connectivity index (χ2v) is 5.67. The lowest BCUT2D eigenvalue weighted by Gasteiger charge is -2.29. The minimum atomic E-state index is 0.631. The van der Waals surface area contributed by atoms with E-state index in [2.05, 4.69) is 53.4 Å². The summed E-state index contributed by atoms with van der Waals surface area (Å²) in [6.07, 6.45) is 3.98. The molecule has 1 unspecified atom stereocenters. The van der Waals surface area contributed by atoms with Gasteiger partial charge in [0.15, 0.2) is 0 Å². The molecule has 0 radical (unpaired) electrons. The number of piperidine rings is 1. The highest BCUT2D eigenvalue weighted by molar-refractivity contribution is 5.94. The first-order chi connectivity index (χ1) is 9.25. The van der Waals surface area contributed by atoms with Crippen LogP contribution in [0.25, 0.3) is 10.9 Å². The van der Waals surface area contributed by atoms with Gasteiger partial charge in [-0.25, -0.2) is 0 Å². The summed E-state index contributed by atoms with van der Waals surface area (Å²) in [4.78, 5) is 5.88. The standard InChI is InChI=1S/C16H23N3/c1-12-16(14-8-3-4-9-15(14)18-12)19(2)11-13-7-5-6-10-17-13/h3-4,8-9,13,17-18H,5-7,10-11H2,1-2H3. The number of H-pyrrole nitrogens is 1. The number of anilines is 1. The molecule has 2 N–H and O–H groups in total. The Hall–Kier alpha value is -1.48. The fourth-order valence-electron chi connectivity index (χ4n) is 3.26. The van der Waals surface area contributed by atoms with Crippen LogP contribution in [0.5, 0.6) is 0 Å². The largest absolute Gasteiger partial charge is 0.371 e. The predicted octanol–water partition coefficient (Wildman–Crippen LogP) is 3.05. The average Bonchev–Trinajstić information content (AvgIpc) is 2.75. The van der Waals surface area contributed by atoms with E-state index < -0.39 is 0 Å². The van der Waals surface area contributed by atoms with E-state index in [-0.39, 0.29) is 0 Å². The van der Waals surface area contributed by atoms with Crippen LogP contribution >= 0.6 is 0 Å². The monoisotopic (exact) mass is 257 g/mol. The molecular formula is C16H23N3. The third-order valence-corrected chi connectivity index (χ3v) is 4.15. The van der Waals surface area contributed by atoms with E-state index in [1.807, 2.05) is 0 Å². The predicted molar refractivity (Wildman–Crippen MR) is 81.9 cm³/mol. The van der Waals surface area contributed by atoms with Crippen molar-refractivity contribution in [3.8, 4) is 0 Å².